The van der Waals surface area contributed by atoms with Crippen molar-refractivity contribution in [3.8, 4) is 22.9 Å². The predicted octanol–water partition coefficient (Wildman–Crippen LogP) is 2.65. The van der Waals surface area contributed by atoms with Crippen LogP contribution in [-0.4, -0.2) is 75.7 Å². The van der Waals surface area contributed by atoms with Crippen molar-refractivity contribution in [3.05, 3.63) is 77.8 Å². The molecule has 1 atom stereocenters. The summed E-state index contributed by atoms with van der Waals surface area (Å²) < 4.78 is 18.5. The van der Waals surface area contributed by atoms with E-state index in [4.69, 9.17) is 24.0 Å². The average molecular weight is 588 g/mol. The Morgan fingerprint density at radius 3 is 2.70 bits per heavy atom. The second-order valence-corrected chi connectivity index (χ2v) is 9.85. The number of rotatable bonds is 4. The first-order valence-electron chi connectivity index (χ1n) is 14.0. The number of oxazole rings is 1. The molecule has 0 saturated carbocycles. The average Bonchev–Trinajstić information content (AvgIpc) is 3.68. The fourth-order valence-electron chi connectivity index (χ4n) is 4.75. The molecule has 2 N–H and O–H groups in total. The predicted molar refractivity (Wildman–Crippen MR) is 155 cm³/mol. The van der Waals surface area contributed by atoms with Crippen molar-refractivity contribution < 1.29 is 28.3 Å². The van der Waals surface area contributed by atoms with E-state index in [2.05, 4.69) is 15.6 Å². The summed E-state index contributed by atoms with van der Waals surface area (Å²) in [4.78, 5) is 49.9. The standard InChI is InChI=1S/C30H33N7O6/c1-4-22-26(32-18-43-22)30(40)36-13-12-31-29(39)21-10-11-23(41-3)24(16-21)42-15-14-37-28(19(2)33-25(38)17-36)34-27(35-37)20-8-6-5-7-9-20/h5-11,16,18-19H,4,12-15,17H2,1-3H3,(H,31,39)(H,33,38)/t19-/m1/s1. The monoisotopic (exact) mass is 587 g/mol. The van der Waals surface area contributed by atoms with Gasteiger partial charge in [0.1, 0.15) is 18.2 Å². The minimum Gasteiger partial charge on any atom is -0.493 e. The third-order valence-corrected chi connectivity index (χ3v) is 6.94. The summed E-state index contributed by atoms with van der Waals surface area (Å²) in [6.07, 6.45) is 1.66. The number of ether oxygens (including phenoxy) is 2. The van der Waals surface area contributed by atoms with E-state index in [0.717, 1.165) is 5.56 Å². The molecule has 3 amide bonds. The van der Waals surface area contributed by atoms with E-state index in [9.17, 15) is 14.4 Å². The highest BCUT2D eigenvalue weighted by molar-refractivity contribution is 5.96. The summed E-state index contributed by atoms with van der Waals surface area (Å²) in [6, 6.07) is 13.8. The second-order valence-electron chi connectivity index (χ2n) is 9.85. The zero-order chi connectivity index (χ0) is 30.3. The molecule has 2 aromatic carbocycles. The number of hydrogen-bond acceptors (Lipinski definition) is 9. The molecule has 0 spiro atoms. The van der Waals surface area contributed by atoms with Gasteiger partial charge in [-0.3, -0.25) is 14.4 Å². The number of methoxy groups -OCH3 is 1. The van der Waals surface area contributed by atoms with Gasteiger partial charge in [-0.2, -0.15) is 5.10 Å². The van der Waals surface area contributed by atoms with E-state index in [1.807, 2.05) is 37.3 Å². The SMILES string of the molecule is CCc1ocnc1C(=O)N1CCNC(=O)c2ccc(OC)c(c2)OCCn2nc(-c3ccccc3)nc2[C@@H](C)NC(=O)C1. The highest BCUT2D eigenvalue weighted by atomic mass is 16.5. The molecule has 2 aromatic heterocycles. The topological polar surface area (TPSA) is 154 Å². The van der Waals surface area contributed by atoms with Gasteiger partial charge in [-0.05, 0) is 25.1 Å². The van der Waals surface area contributed by atoms with Crippen LogP contribution in [0.4, 0.5) is 0 Å². The van der Waals surface area contributed by atoms with Crippen LogP contribution in [0.1, 0.15) is 52.3 Å². The molecule has 5 rings (SSSR count). The summed E-state index contributed by atoms with van der Waals surface area (Å²) >= 11 is 0. The van der Waals surface area contributed by atoms with Crippen LogP contribution in [0.3, 0.4) is 0 Å². The Bertz CT molecular complexity index is 1600. The Morgan fingerprint density at radius 2 is 1.93 bits per heavy atom. The molecule has 4 aromatic rings. The number of fused-ring (bicyclic) bond motifs is 3. The number of nitrogens with zero attached hydrogens (tertiary/aromatic N) is 5. The molecular formula is C30H33N7O6. The first kappa shape index (κ1) is 29.3. The minimum atomic E-state index is -0.555. The molecule has 224 valence electrons. The highest BCUT2D eigenvalue weighted by Gasteiger charge is 2.26. The van der Waals surface area contributed by atoms with E-state index in [-0.39, 0.29) is 37.8 Å². The van der Waals surface area contributed by atoms with Gasteiger partial charge in [0.15, 0.2) is 29.4 Å². The molecule has 43 heavy (non-hydrogen) atoms. The van der Waals surface area contributed by atoms with Gasteiger partial charge < -0.3 is 29.4 Å². The lowest BCUT2D eigenvalue weighted by Crippen LogP contribution is -2.45. The number of aryl methyl sites for hydroxylation is 1. The minimum absolute atomic E-state index is 0.0518. The number of hydrogen-bond donors (Lipinski definition) is 2. The first-order chi connectivity index (χ1) is 20.9. The Kier molecular flexibility index (Phi) is 8.99. The number of nitrogens with one attached hydrogen (secondary N) is 2. The lowest BCUT2D eigenvalue weighted by atomic mass is 10.2. The van der Waals surface area contributed by atoms with Gasteiger partial charge in [-0.25, -0.2) is 14.6 Å². The number of benzene rings is 2. The van der Waals surface area contributed by atoms with Crippen molar-refractivity contribution in [2.75, 3.05) is 33.4 Å². The van der Waals surface area contributed by atoms with Crippen molar-refractivity contribution in [3.63, 3.8) is 0 Å². The van der Waals surface area contributed by atoms with Gasteiger partial charge in [0.2, 0.25) is 5.91 Å². The summed E-state index contributed by atoms with van der Waals surface area (Å²) in [5.74, 6) is 1.02. The Balaban J connectivity index is 1.48. The van der Waals surface area contributed by atoms with Crippen molar-refractivity contribution >= 4 is 17.7 Å². The lowest BCUT2D eigenvalue weighted by molar-refractivity contribution is -0.122. The van der Waals surface area contributed by atoms with E-state index in [0.29, 0.717) is 47.4 Å². The van der Waals surface area contributed by atoms with Gasteiger partial charge in [-0.15, -0.1) is 0 Å². The lowest BCUT2D eigenvalue weighted by Gasteiger charge is -2.23. The van der Waals surface area contributed by atoms with E-state index in [1.165, 1.54) is 18.4 Å². The zero-order valence-electron chi connectivity index (χ0n) is 24.2. The third-order valence-electron chi connectivity index (χ3n) is 6.94. The number of amides is 3. The molecule has 13 heteroatoms. The van der Waals surface area contributed by atoms with Crippen LogP contribution < -0.4 is 20.1 Å². The largest absolute Gasteiger partial charge is 0.493 e. The number of carbonyl (C=O) groups excluding carboxylic acids is 3. The van der Waals surface area contributed by atoms with Gasteiger partial charge in [-0.1, -0.05) is 37.3 Å². The maximum atomic E-state index is 13.5. The Morgan fingerprint density at radius 1 is 1.12 bits per heavy atom. The summed E-state index contributed by atoms with van der Waals surface area (Å²) in [5.41, 5.74) is 1.30. The maximum Gasteiger partial charge on any atom is 0.276 e. The van der Waals surface area contributed by atoms with Crippen LogP contribution in [0.5, 0.6) is 11.5 Å². The van der Waals surface area contributed by atoms with Crippen molar-refractivity contribution in [2.24, 2.45) is 0 Å². The van der Waals surface area contributed by atoms with Gasteiger partial charge in [0.25, 0.3) is 11.8 Å². The molecule has 13 nitrogen and oxygen atoms in total. The fourth-order valence-corrected chi connectivity index (χ4v) is 4.75. The zero-order valence-corrected chi connectivity index (χ0v) is 24.2. The summed E-state index contributed by atoms with van der Waals surface area (Å²) in [7, 11) is 1.52. The molecule has 0 saturated heterocycles. The van der Waals surface area contributed by atoms with Crippen LogP contribution in [0.15, 0.2) is 59.3 Å². The molecule has 0 aliphatic carbocycles. The van der Waals surface area contributed by atoms with Crippen molar-refractivity contribution in [2.45, 2.75) is 32.9 Å². The van der Waals surface area contributed by atoms with Gasteiger partial charge >= 0.3 is 0 Å². The van der Waals surface area contributed by atoms with Crippen LogP contribution in [0, 0.1) is 0 Å². The third kappa shape index (κ3) is 6.66. The molecule has 3 heterocycles. The van der Waals surface area contributed by atoms with Crippen LogP contribution >= 0.6 is 0 Å². The van der Waals surface area contributed by atoms with Gasteiger partial charge in [0, 0.05) is 30.6 Å². The molecule has 1 aliphatic heterocycles. The van der Waals surface area contributed by atoms with Crippen molar-refractivity contribution in [1.29, 1.82) is 0 Å². The molecule has 0 unspecified atom stereocenters. The van der Waals surface area contributed by atoms with Crippen LogP contribution in [0.2, 0.25) is 0 Å². The first-order valence-corrected chi connectivity index (χ1v) is 14.0. The van der Waals surface area contributed by atoms with E-state index in [1.54, 1.807) is 29.8 Å². The molecule has 0 radical (unpaired) electrons. The highest BCUT2D eigenvalue weighted by Crippen LogP contribution is 2.28. The number of carbonyl (C=O) groups is 3. The van der Waals surface area contributed by atoms with Crippen LogP contribution in [0.25, 0.3) is 11.4 Å². The molecular weight excluding hydrogens is 554 g/mol. The Labute approximate surface area is 248 Å². The quantitative estimate of drug-likeness (QED) is 0.367. The summed E-state index contributed by atoms with van der Waals surface area (Å²) in [6.45, 7) is 3.99. The normalized spacial score (nSPS) is 16.3. The molecule has 2 bridgehead atoms. The van der Waals surface area contributed by atoms with Gasteiger partial charge in [0.05, 0.1) is 26.2 Å². The number of aromatic nitrogens is 4. The van der Waals surface area contributed by atoms with E-state index >= 15 is 0 Å². The van der Waals surface area contributed by atoms with E-state index < -0.39 is 17.9 Å². The second kappa shape index (κ2) is 13.2. The smallest absolute Gasteiger partial charge is 0.276 e. The molecule has 1 aliphatic rings. The fraction of sp³-hybridized carbons (Fsp3) is 0.333. The molecule has 0 fully saturated rings. The maximum absolute atomic E-state index is 13.5. The summed E-state index contributed by atoms with van der Waals surface area (Å²) in [5, 5.41) is 10.4. The van der Waals surface area contributed by atoms with Crippen molar-refractivity contribution in [1.82, 2.24) is 35.3 Å². The Hall–Kier alpha value is -5.20. The van der Waals surface area contributed by atoms with Crippen LogP contribution in [-0.2, 0) is 17.8 Å².